The van der Waals surface area contributed by atoms with Gasteiger partial charge in [-0.25, -0.2) is 0 Å². The van der Waals surface area contributed by atoms with Crippen LogP contribution < -0.4 is 5.32 Å². The Labute approximate surface area is 90.2 Å². The summed E-state index contributed by atoms with van der Waals surface area (Å²) in [5.74, 6) is 2.40. The summed E-state index contributed by atoms with van der Waals surface area (Å²) in [6, 6.07) is 3.92. The van der Waals surface area contributed by atoms with Gasteiger partial charge in [0.2, 0.25) is 0 Å². The standard InChI is InChI=1S/C10H15NO2.ClH/c1-7-5-11-10(12-6-7)9-4-3-8(2)13-9;/h3-4,7,10-11H,5-6H2,1-2H3;1H. The van der Waals surface area contributed by atoms with Crippen LogP contribution in [0.25, 0.3) is 0 Å². The van der Waals surface area contributed by atoms with Gasteiger partial charge in [-0.2, -0.15) is 0 Å². The molecule has 1 N–H and O–H groups in total. The van der Waals surface area contributed by atoms with E-state index < -0.39 is 0 Å². The molecule has 80 valence electrons. The van der Waals surface area contributed by atoms with Crippen molar-refractivity contribution < 1.29 is 9.15 Å². The van der Waals surface area contributed by atoms with Gasteiger partial charge in [-0.3, -0.25) is 5.32 Å². The number of nitrogens with one attached hydrogen (secondary N) is 1. The van der Waals surface area contributed by atoms with Crippen LogP contribution in [0, 0.1) is 12.8 Å². The van der Waals surface area contributed by atoms with E-state index in [1.807, 2.05) is 19.1 Å². The molecule has 2 rings (SSSR count). The summed E-state index contributed by atoms with van der Waals surface area (Å²) >= 11 is 0. The highest BCUT2D eigenvalue weighted by molar-refractivity contribution is 5.85. The van der Waals surface area contributed by atoms with Gasteiger partial charge in [-0.1, -0.05) is 6.92 Å². The molecule has 1 saturated heterocycles. The van der Waals surface area contributed by atoms with Gasteiger partial charge in [0.25, 0.3) is 0 Å². The van der Waals surface area contributed by atoms with Crippen LogP contribution in [0.3, 0.4) is 0 Å². The van der Waals surface area contributed by atoms with Crippen molar-refractivity contribution in [2.24, 2.45) is 5.92 Å². The van der Waals surface area contributed by atoms with E-state index in [1.165, 1.54) is 0 Å². The zero-order valence-electron chi connectivity index (χ0n) is 8.45. The number of hydrogen-bond acceptors (Lipinski definition) is 3. The van der Waals surface area contributed by atoms with Gasteiger partial charge >= 0.3 is 0 Å². The fourth-order valence-electron chi connectivity index (χ4n) is 1.46. The van der Waals surface area contributed by atoms with E-state index in [0.29, 0.717) is 5.92 Å². The molecule has 1 aliphatic heterocycles. The second kappa shape index (κ2) is 4.82. The summed E-state index contributed by atoms with van der Waals surface area (Å²) in [6.07, 6.45) is -0.0510. The van der Waals surface area contributed by atoms with E-state index >= 15 is 0 Å². The van der Waals surface area contributed by atoms with Crippen molar-refractivity contribution in [3.63, 3.8) is 0 Å². The van der Waals surface area contributed by atoms with Gasteiger partial charge < -0.3 is 9.15 Å². The Morgan fingerprint density at radius 3 is 2.71 bits per heavy atom. The summed E-state index contributed by atoms with van der Waals surface area (Å²) in [4.78, 5) is 0. The Morgan fingerprint density at radius 1 is 1.43 bits per heavy atom. The molecule has 2 heterocycles. The van der Waals surface area contributed by atoms with Gasteiger partial charge in [-0.05, 0) is 25.0 Å². The second-order valence-electron chi connectivity index (χ2n) is 3.68. The lowest BCUT2D eigenvalue weighted by atomic mass is 10.1. The third-order valence-electron chi connectivity index (χ3n) is 2.22. The fraction of sp³-hybridized carbons (Fsp3) is 0.600. The van der Waals surface area contributed by atoms with Crippen molar-refractivity contribution in [1.82, 2.24) is 5.32 Å². The van der Waals surface area contributed by atoms with E-state index in [1.54, 1.807) is 0 Å². The van der Waals surface area contributed by atoms with Gasteiger partial charge in [-0.15, -0.1) is 12.4 Å². The van der Waals surface area contributed by atoms with Gasteiger partial charge in [0, 0.05) is 6.54 Å². The van der Waals surface area contributed by atoms with Crippen molar-refractivity contribution in [2.45, 2.75) is 20.1 Å². The van der Waals surface area contributed by atoms with Crippen LogP contribution in [0.4, 0.5) is 0 Å². The maximum absolute atomic E-state index is 5.58. The second-order valence-corrected chi connectivity index (χ2v) is 3.68. The molecule has 1 aromatic rings. The predicted octanol–water partition coefficient (Wildman–Crippen LogP) is 2.26. The maximum Gasteiger partial charge on any atom is 0.167 e. The molecule has 0 radical (unpaired) electrons. The summed E-state index contributed by atoms with van der Waals surface area (Å²) in [5.41, 5.74) is 0. The van der Waals surface area contributed by atoms with E-state index in [2.05, 4.69) is 12.2 Å². The SMILES string of the molecule is Cc1ccc(C2NCC(C)CO2)o1.Cl. The Hall–Kier alpha value is -0.510. The predicted molar refractivity (Wildman–Crippen MR) is 56.6 cm³/mol. The largest absolute Gasteiger partial charge is 0.462 e. The Bertz CT molecular complexity index is 279. The molecule has 14 heavy (non-hydrogen) atoms. The molecule has 0 saturated carbocycles. The zero-order chi connectivity index (χ0) is 9.26. The molecule has 0 amide bonds. The average molecular weight is 218 g/mol. The Kier molecular flexibility index (Phi) is 3.98. The molecular weight excluding hydrogens is 202 g/mol. The van der Waals surface area contributed by atoms with Crippen LogP contribution >= 0.6 is 12.4 Å². The highest BCUT2D eigenvalue weighted by Gasteiger charge is 2.21. The van der Waals surface area contributed by atoms with Crippen LogP contribution in [-0.2, 0) is 4.74 Å². The van der Waals surface area contributed by atoms with E-state index in [-0.39, 0.29) is 18.6 Å². The van der Waals surface area contributed by atoms with Crippen LogP contribution in [0.15, 0.2) is 16.5 Å². The lowest BCUT2D eigenvalue weighted by molar-refractivity contribution is -0.0370. The molecule has 4 heteroatoms. The quantitative estimate of drug-likeness (QED) is 0.784. The molecule has 2 atom stereocenters. The maximum atomic E-state index is 5.58. The molecule has 0 aromatic carbocycles. The first-order valence-electron chi connectivity index (χ1n) is 4.67. The Morgan fingerprint density at radius 2 is 2.21 bits per heavy atom. The molecular formula is C10H16ClNO2. The third kappa shape index (κ3) is 2.50. The number of rotatable bonds is 1. The first-order valence-corrected chi connectivity index (χ1v) is 4.67. The normalized spacial score (nSPS) is 27.0. The lowest BCUT2D eigenvalue weighted by Gasteiger charge is -2.26. The van der Waals surface area contributed by atoms with Crippen molar-refractivity contribution in [2.75, 3.05) is 13.2 Å². The zero-order valence-corrected chi connectivity index (χ0v) is 9.26. The van der Waals surface area contributed by atoms with Crippen LogP contribution in [0.1, 0.15) is 24.7 Å². The number of furan rings is 1. The molecule has 1 fully saturated rings. The molecule has 2 unspecified atom stereocenters. The smallest absolute Gasteiger partial charge is 0.167 e. The minimum absolute atomic E-state index is 0. The number of hydrogen-bond donors (Lipinski definition) is 1. The van der Waals surface area contributed by atoms with Crippen LogP contribution in [0.5, 0.6) is 0 Å². The summed E-state index contributed by atoms with van der Waals surface area (Å²) < 4.78 is 11.1. The van der Waals surface area contributed by atoms with Gasteiger partial charge in [0.1, 0.15) is 11.5 Å². The van der Waals surface area contributed by atoms with E-state index in [4.69, 9.17) is 9.15 Å². The van der Waals surface area contributed by atoms with Crippen LogP contribution in [0.2, 0.25) is 0 Å². The number of ether oxygens (including phenoxy) is 1. The van der Waals surface area contributed by atoms with Crippen molar-refractivity contribution in [1.29, 1.82) is 0 Å². The summed E-state index contributed by atoms with van der Waals surface area (Å²) in [7, 11) is 0. The highest BCUT2D eigenvalue weighted by atomic mass is 35.5. The first-order chi connectivity index (χ1) is 6.25. The third-order valence-corrected chi connectivity index (χ3v) is 2.22. The van der Waals surface area contributed by atoms with Crippen molar-refractivity contribution in [3.8, 4) is 0 Å². The van der Waals surface area contributed by atoms with Crippen molar-refractivity contribution in [3.05, 3.63) is 23.7 Å². The topological polar surface area (TPSA) is 34.4 Å². The summed E-state index contributed by atoms with van der Waals surface area (Å²) in [5, 5.41) is 3.28. The van der Waals surface area contributed by atoms with Gasteiger partial charge in [0.15, 0.2) is 6.23 Å². The molecule has 0 aliphatic carbocycles. The minimum atomic E-state index is -0.0510. The molecule has 1 aliphatic rings. The monoisotopic (exact) mass is 217 g/mol. The molecule has 3 nitrogen and oxygen atoms in total. The minimum Gasteiger partial charge on any atom is -0.462 e. The van der Waals surface area contributed by atoms with Gasteiger partial charge in [0.05, 0.1) is 6.61 Å². The molecule has 0 spiro atoms. The number of aryl methyl sites for hydroxylation is 1. The highest BCUT2D eigenvalue weighted by Crippen LogP contribution is 2.21. The van der Waals surface area contributed by atoms with Crippen LogP contribution in [-0.4, -0.2) is 13.2 Å². The van der Waals surface area contributed by atoms with Crippen molar-refractivity contribution >= 4 is 12.4 Å². The Balaban J connectivity index is 0.000000980. The van der Waals surface area contributed by atoms with E-state index in [9.17, 15) is 0 Å². The fourth-order valence-corrected chi connectivity index (χ4v) is 1.46. The average Bonchev–Trinajstić information content (AvgIpc) is 2.53. The molecule has 1 aromatic heterocycles. The number of halogens is 1. The lowest BCUT2D eigenvalue weighted by Crippen LogP contribution is -2.36. The first kappa shape index (κ1) is 11.6. The molecule has 0 bridgehead atoms. The van der Waals surface area contributed by atoms with E-state index in [0.717, 1.165) is 24.7 Å². The summed E-state index contributed by atoms with van der Waals surface area (Å²) in [6.45, 7) is 5.90.